The number of rotatable bonds is 4. The predicted octanol–water partition coefficient (Wildman–Crippen LogP) is 3.82. The molecule has 0 radical (unpaired) electrons. The minimum atomic E-state index is -0.273. The average Bonchev–Trinajstić information content (AvgIpc) is 3.16. The number of amides is 2. The number of hydrogen-bond acceptors (Lipinski definition) is 5. The van der Waals surface area contributed by atoms with Gasteiger partial charge in [-0.2, -0.15) is 0 Å². The Bertz CT molecular complexity index is 929. The number of carbonyl (C=O) groups is 2. The van der Waals surface area contributed by atoms with E-state index in [1.165, 1.54) is 0 Å². The van der Waals surface area contributed by atoms with Gasteiger partial charge in [-0.1, -0.05) is 30.3 Å². The summed E-state index contributed by atoms with van der Waals surface area (Å²) in [5, 5.41) is 2.87. The number of aromatic nitrogens is 1. The number of para-hydroxylation sites is 3. The summed E-state index contributed by atoms with van der Waals surface area (Å²) in [5.41, 5.74) is 2.17. The van der Waals surface area contributed by atoms with E-state index in [0.29, 0.717) is 37.4 Å². The van der Waals surface area contributed by atoms with Gasteiger partial charge >= 0.3 is 12.0 Å². The van der Waals surface area contributed by atoms with Crippen LogP contribution in [0.5, 0.6) is 0 Å². The lowest BCUT2D eigenvalue weighted by molar-refractivity contribution is -0.152. The summed E-state index contributed by atoms with van der Waals surface area (Å²) in [7, 11) is 0. The van der Waals surface area contributed by atoms with Gasteiger partial charge in [0.15, 0.2) is 12.2 Å². The third-order valence-electron chi connectivity index (χ3n) is 4.82. The first kappa shape index (κ1) is 18.0. The second kappa shape index (κ2) is 8.12. The molecule has 7 heteroatoms. The van der Waals surface area contributed by atoms with E-state index in [9.17, 15) is 9.59 Å². The van der Waals surface area contributed by atoms with Gasteiger partial charge < -0.3 is 19.4 Å². The molecule has 2 amide bonds. The third kappa shape index (κ3) is 4.14. The van der Waals surface area contributed by atoms with E-state index in [1.54, 1.807) is 4.90 Å². The Balaban J connectivity index is 1.25. The van der Waals surface area contributed by atoms with Crippen molar-refractivity contribution in [2.75, 3.05) is 18.4 Å². The summed E-state index contributed by atoms with van der Waals surface area (Å²) >= 11 is 0. The number of anilines is 1. The minimum absolute atomic E-state index is 0.0161. The molecule has 3 aromatic rings. The summed E-state index contributed by atoms with van der Waals surface area (Å²) in [5.74, 6) is -0.107. The van der Waals surface area contributed by atoms with Gasteiger partial charge in [-0.15, -0.1) is 0 Å². The summed E-state index contributed by atoms with van der Waals surface area (Å²) in [6.45, 7) is 1.05. The first-order valence-corrected chi connectivity index (χ1v) is 9.31. The zero-order valence-corrected chi connectivity index (χ0v) is 15.3. The van der Waals surface area contributed by atoms with Gasteiger partial charge in [-0.3, -0.25) is 4.79 Å². The van der Waals surface area contributed by atoms with Crippen LogP contribution in [0.1, 0.15) is 18.7 Å². The van der Waals surface area contributed by atoms with Crippen molar-refractivity contribution in [3.05, 3.63) is 60.5 Å². The lowest BCUT2D eigenvalue weighted by Gasteiger charge is -2.30. The number of hydrogen-bond donors (Lipinski definition) is 1. The second-order valence-corrected chi connectivity index (χ2v) is 6.74. The fourth-order valence-corrected chi connectivity index (χ4v) is 3.27. The molecule has 0 atom stereocenters. The van der Waals surface area contributed by atoms with E-state index in [4.69, 9.17) is 9.15 Å². The van der Waals surface area contributed by atoms with Crippen LogP contribution in [0.3, 0.4) is 0 Å². The van der Waals surface area contributed by atoms with Crippen molar-refractivity contribution in [3.63, 3.8) is 0 Å². The quantitative estimate of drug-likeness (QED) is 0.697. The van der Waals surface area contributed by atoms with E-state index in [0.717, 1.165) is 11.2 Å². The molecule has 0 spiro atoms. The molecule has 2 heterocycles. The van der Waals surface area contributed by atoms with Gasteiger partial charge in [0.2, 0.25) is 5.89 Å². The molecule has 1 aromatic heterocycles. The van der Waals surface area contributed by atoms with Crippen LogP contribution < -0.4 is 5.32 Å². The Morgan fingerprint density at radius 2 is 1.79 bits per heavy atom. The number of benzene rings is 2. The number of nitrogens with zero attached hydrogens (tertiary/aromatic N) is 2. The van der Waals surface area contributed by atoms with Crippen molar-refractivity contribution in [1.82, 2.24) is 9.88 Å². The molecular formula is C21H21N3O4. The number of oxazole rings is 1. The molecule has 1 N–H and O–H groups in total. The maximum atomic E-state index is 12.3. The highest BCUT2D eigenvalue weighted by atomic mass is 16.5. The topological polar surface area (TPSA) is 84.7 Å². The van der Waals surface area contributed by atoms with Crippen LogP contribution in [0.25, 0.3) is 11.1 Å². The molecule has 2 aromatic carbocycles. The van der Waals surface area contributed by atoms with Gasteiger partial charge in [0.1, 0.15) is 5.52 Å². The Labute approximate surface area is 162 Å². The highest BCUT2D eigenvalue weighted by Gasteiger charge is 2.28. The number of likely N-dealkylation sites (tertiary alicyclic amines) is 1. The van der Waals surface area contributed by atoms with Gasteiger partial charge in [-0.05, 0) is 37.1 Å². The SMILES string of the molecule is O=C(OCc1nc2ccccc2o1)C1CCN(C(=O)Nc2ccccc2)CC1. The summed E-state index contributed by atoms with van der Waals surface area (Å²) in [4.78, 5) is 30.7. The molecule has 0 unspecified atom stereocenters. The Morgan fingerprint density at radius 3 is 2.54 bits per heavy atom. The number of carbonyl (C=O) groups excluding carboxylic acids is 2. The highest BCUT2D eigenvalue weighted by Crippen LogP contribution is 2.21. The zero-order valence-electron chi connectivity index (χ0n) is 15.3. The fourth-order valence-electron chi connectivity index (χ4n) is 3.27. The number of urea groups is 1. The normalized spacial score (nSPS) is 14.8. The maximum Gasteiger partial charge on any atom is 0.321 e. The van der Waals surface area contributed by atoms with Crippen LogP contribution in [-0.4, -0.2) is 35.0 Å². The third-order valence-corrected chi connectivity index (χ3v) is 4.82. The van der Waals surface area contributed by atoms with Crippen LogP contribution in [0, 0.1) is 5.92 Å². The molecule has 144 valence electrons. The summed E-state index contributed by atoms with van der Waals surface area (Å²) in [6.07, 6.45) is 1.16. The Morgan fingerprint density at radius 1 is 1.07 bits per heavy atom. The lowest BCUT2D eigenvalue weighted by atomic mass is 9.97. The number of ether oxygens (including phenoxy) is 1. The molecule has 28 heavy (non-hydrogen) atoms. The standard InChI is InChI=1S/C21H21N3O4/c25-20(27-14-19-23-17-8-4-5-9-18(17)28-19)15-10-12-24(13-11-15)21(26)22-16-6-2-1-3-7-16/h1-9,15H,10-14H2,(H,22,26). The van der Waals surface area contributed by atoms with Gasteiger partial charge in [0, 0.05) is 18.8 Å². The number of nitrogens with one attached hydrogen (secondary N) is 1. The Kier molecular flexibility index (Phi) is 5.23. The smallest absolute Gasteiger partial charge is 0.321 e. The first-order chi connectivity index (χ1) is 13.7. The molecule has 1 aliphatic rings. The van der Waals surface area contributed by atoms with Crippen LogP contribution >= 0.6 is 0 Å². The average molecular weight is 379 g/mol. The number of fused-ring (bicyclic) bond motifs is 1. The second-order valence-electron chi connectivity index (χ2n) is 6.74. The van der Waals surface area contributed by atoms with Crippen molar-refractivity contribution in [3.8, 4) is 0 Å². The Hall–Kier alpha value is -3.35. The number of piperidine rings is 1. The fraction of sp³-hybridized carbons (Fsp3) is 0.286. The first-order valence-electron chi connectivity index (χ1n) is 9.31. The highest BCUT2D eigenvalue weighted by molar-refractivity contribution is 5.89. The van der Waals surface area contributed by atoms with E-state index in [-0.39, 0.29) is 24.5 Å². The van der Waals surface area contributed by atoms with Gasteiger partial charge in [-0.25, -0.2) is 9.78 Å². The maximum absolute atomic E-state index is 12.3. The molecule has 0 saturated carbocycles. The van der Waals surface area contributed by atoms with E-state index in [2.05, 4.69) is 10.3 Å². The summed E-state index contributed by atoms with van der Waals surface area (Å²) in [6, 6.07) is 16.6. The van der Waals surface area contributed by atoms with Crippen LogP contribution in [-0.2, 0) is 16.1 Å². The van der Waals surface area contributed by atoms with Crippen molar-refractivity contribution >= 4 is 28.8 Å². The number of esters is 1. The molecule has 7 nitrogen and oxygen atoms in total. The monoisotopic (exact) mass is 379 g/mol. The molecule has 1 aliphatic heterocycles. The van der Waals surface area contributed by atoms with Crippen molar-refractivity contribution in [2.24, 2.45) is 5.92 Å². The van der Waals surface area contributed by atoms with E-state index < -0.39 is 0 Å². The van der Waals surface area contributed by atoms with Crippen molar-refractivity contribution in [2.45, 2.75) is 19.4 Å². The molecule has 0 bridgehead atoms. The molecule has 4 rings (SSSR count). The predicted molar refractivity (Wildman–Crippen MR) is 104 cm³/mol. The van der Waals surface area contributed by atoms with E-state index >= 15 is 0 Å². The molecule has 1 fully saturated rings. The molecular weight excluding hydrogens is 358 g/mol. The van der Waals surface area contributed by atoms with Crippen LogP contribution in [0.15, 0.2) is 59.0 Å². The molecule has 1 saturated heterocycles. The van der Waals surface area contributed by atoms with Gasteiger partial charge in [0.05, 0.1) is 5.92 Å². The van der Waals surface area contributed by atoms with Gasteiger partial charge in [0.25, 0.3) is 0 Å². The lowest BCUT2D eigenvalue weighted by Crippen LogP contribution is -2.42. The zero-order chi connectivity index (χ0) is 19.3. The van der Waals surface area contributed by atoms with Crippen LogP contribution in [0.2, 0.25) is 0 Å². The minimum Gasteiger partial charge on any atom is -0.455 e. The molecule has 0 aliphatic carbocycles. The largest absolute Gasteiger partial charge is 0.455 e. The van der Waals surface area contributed by atoms with E-state index in [1.807, 2.05) is 54.6 Å². The van der Waals surface area contributed by atoms with Crippen molar-refractivity contribution in [1.29, 1.82) is 0 Å². The summed E-state index contributed by atoms with van der Waals surface area (Å²) < 4.78 is 10.9. The van der Waals surface area contributed by atoms with Crippen LogP contribution in [0.4, 0.5) is 10.5 Å². The van der Waals surface area contributed by atoms with Crippen molar-refractivity contribution < 1.29 is 18.7 Å².